The molecule has 1 N–H and O–H groups in total. The number of nitrogens with zero attached hydrogens (tertiary/aromatic N) is 2. The Balaban J connectivity index is 2.11. The van der Waals surface area contributed by atoms with E-state index in [-0.39, 0.29) is 10.8 Å². The van der Waals surface area contributed by atoms with Crippen LogP contribution in [0.3, 0.4) is 0 Å². The van der Waals surface area contributed by atoms with Gasteiger partial charge >= 0.3 is 0 Å². The van der Waals surface area contributed by atoms with Crippen LogP contribution in [-0.2, 0) is 9.84 Å². The number of aromatic nitrogens is 1. The maximum Gasteiger partial charge on any atom is 0.175 e. The molecule has 1 heterocycles. The molecule has 0 saturated carbocycles. The molecule has 0 amide bonds. The Labute approximate surface area is 171 Å². The fourth-order valence-corrected chi connectivity index (χ4v) is 4.16. The molecule has 3 rings (SSSR count). The van der Waals surface area contributed by atoms with E-state index >= 15 is 0 Å². The molecule has 1 unspecified atom stereocenters. The minimum Gasteiger partial charge on any atom is -0.411 e. The lowest BCUT2D eigenvalue weighted by Crippen LogP contribution is -2.12. The summed E-state index contributed by atoms with van der Waals surface area (Å²) >= 11 is 0. The summed E-state index contributed by atoms with van der Waals surface area (Å²) in [7, 11) is -3.33. The molecule has 0 fully saturated rings. The second-order valence-corrected chi connectivity index (χ2v) is 9.21. The number of sulfone groups is 1. The summed E-state index contributed by atoms with van der Waals surface area (Å²) in [5, 5.41) is 13.3. The van der Waals surface area contributed by atoms with E-state index in [0.29, 0.717) is 12.1 Å². The first-order chi connectivity index (χ1) is 13.8. The molecular weight excluding hydrogens is 384 g/mol. The Hall–Kier alpha value is -2.99. The quantitative estimate of drug-likeness (QED) is 0.370. The number of hydrogen-bond acceptors (Lipinski definition) is 5. The van der Waals surface area contributed by atoms with Gasteiger partial charge < -0.3 is 5.21 Å². The van der Waals surface area contributed by atoms with Gasteiger partial charge in [0.1, 0.15) is 0 Å². The first-order valence-corrected chi connectivity index (χ1v) is 11.2. The van der Waals surface area contributed by atoms with Gasteiger partial charge in [-0.1, -0.05) is 41.6 Å². The highest BCUT2D eigenvalue weighted by atomic mass is 32.2. The third-order valence-corrected chi connectivity index (χ3v) is 6.11. The Morgan fingerprint density at radius 3 is 2.48 bits per heavy atom. The summed E-state index contributed by atoms with van der Waals surface area (Å²) < 4.78 is 24.2. The fourth-order valence-electron chi connectivity index (χ4n) is 3.48. The van der Waals surface area contributed by atoms with Crippen molar-refractivity contribution in [1.82, 2.24) is 4.98 Å². The number of hydrogen-bond donors (Lipinski definition) is 1. The van der Waals surface area contributed by atoms with Gasteiger partial charge in [-0.05, 0) is 54.8 Å². The van der Waals surface area contributed by atoms with E-state index in [1.165, 1.54) is 6.26 Å². The molecular formula is C23H24N2O3S. The summed E-state index contributed by atoms with van der Waals surface area (Å²) in [6, 6.07) is 18.6. The SMILES string of the molecule is Cc1cc(/C(CC(c2cccc(S(C)(=O)=O)c2)c2ccccc2C)=N\O)ccn1. The first kappa shape index (κ1) is 20.7. The van der Waals surface area contributed by atoms with Crippen LogP contribution in [0.5, 0.6) is 0 Å². The van der Waals surface area contributed by atoms with E-state index < -0.39 is 9.84 Å². The van der Waals surface area contributed by atoms with Crippen molar-refractivity contribution < 1.29 is 13.6 Å². The van der Waals surface area contributed by atoms with Crippen LogP contribution < -0.4 is 0 Å². The van der Waals surface area contributed by atoms with Crippen LogP contribution in [0.15, 0.2) is 76.9 Å². The molecule has 1 atom stereocenters. The van der Waals surface area contributed by atoms with Crippen molar-refractivity contribution in [3.05, 3.63) is 94.8 Å². The zero-order valence-electron chi connectivity index (χ0n) is 16.7. The van der Waals surface area contributed by atoms with Gasteiger partial charge in [-0.3, -0.25) is 4.98 Å². The summed E-state index contributed by atoms with van der Waals surface area (Å²) in [5.74, 6) is -0.169. The standard InChI is InChI=1S/C23H24N2O3S/c1-16-7-4-5-10-21(16)22(18-8-6-9-20(14-18)29(3,27)28)15-23(25-26)19-11-12-24-17(2)13-19/h4-14,22,26H,15H2,1-3H3/b25-23-. The molecule has 6 heteroatoms. The van der Waals surface area contributed by atoms with E-state index in [1.54, 1.807) is 24.4 Å². The minimum absolute atomic E-state index is 0.169. The van der Waals surface area contributed by atoms with Gasteiger partial charge in [0.2, 0.25) is 0 Å². The minimum atomic E-state index is -3.33. The lowest BCUT2D eigenvalue weighted by Gasteiger charge is -2.21. The van der Waals surface area contributed by atoms with Crippen LogP contribution in [0, 0.1) is 13.8 Å². The molecule has 0 saturated heterocycles. The lowest BCUT2D eigenvalue weighted by molar-refractivity contribution is 0.317. The van der Waals surface area contributed by atoms with Gasteiger partial charge in [-0.15, -0.1) is 0 Å². The van der Waals surface area contributed by atoms with Crippen molar-refractivity contribution in [1.29, 1.82) is 0 Å². The van der Waals surface area contributed by atoms with E-state index in [9.17, 15) is 13.6 Å². The van der Waals surface area contributed by atoms with Crippen molar-refractivity contribution in [3.63, 3.8) is 0 Å². The summed E-state index contributed by atoms with van der Waals surface area (Å²) in [4.78, 5) is 4.48. The van der Waals surface area contributed by atoms with Crippen molar-refractivity contribution in [3.8, 4) is 0 Å². The zero-order valence-corrected chi connectivity index (χ0v) is 17.5. The third kappa shape index (κ3) is 4.90. The molecule has 3 aromatic rings. The molecule has 0 spiro atoms. The predicted molar refractivity (Wildman–Crippen MR) is 114 cm³/mol. The summed E-state index contributed by atoms with van der Waals surface area (Å²) in [5.41, 5.74) is 5.14. The highest BCUT2D eigenvalue weighted by Crippen LogP contribution is 2.33. The Bertz CT molecular complexity index is 1150. The summed E-state index contributed by atoms with van der Waals surface area (Å²) in [6.45, 7) is 3.90. The third-order valence-electron chi connectivity index (χ3n) is 5.00. The van der Waals surface area contributed by atoms with Gasteiger partial charge in [0.15, 0.2) is 9.84 Å². The molecule has 0 aliphatic rings. The van der Waals surface area contributed by atoms with Crippen molar-refractivity contribution >= 4 is 15.5 Å². The van der Waals surface area contributed by atoms with Crippen LogP contribution in [0.25, 0.3) is 0 Å². The van der Waals surface area contributed by atoms with Crippen molar-refractivity contribution in [2.75, 3.05) is 6.26 Å². The average molecular weight is 409 g/mol. The maximum atomic E-state index is 12.1. The van der Waals surface area contributed by atoms with Crippen LogP contribution >= 0.6 is 0 Å². The molecule has 150 valence electrons. The summed E-state index contributed by atoms with van der Waals surface area (Å²) in [6.07, 6.45) is 3.30. The molecule has 0 radical (unpaired) electrons. The molecule has 29 heavy (non-hydrogen) atoms. The average Bonchev–Trinajstić information content (AvgIpc) is 2.69. The molecule has 1 aromatic heterocycles. The van der Waals surface area contributed by atoms with Crippen LogP contribution in [-0.4, -0.2) is 30.6 Å². The van der Waals surface area contributed by atoms with E-state index in [2.05, 4.69) is 10.1 Å². The largest absolute Gasteiger partial charge is 0.411 e. The Kier molecular flexibility index (Phi) is 6.13. The normalized spacial score (nSPS) is 13.3. The molecule has 0 bridgehead atoms. The topological polar surface area (TPSA) is 79.6 Å². The van der Waals surface area contributed by atoms with Crippen molar-refractivity contribution in [2.24, 2.45) is 5.16 Å². The predicted octanol–water partition coefficient (Wildman–Crippen LogP) is 4.50. The highest BCUT2D eigenvalue weighted by Gasteiger charge is 2.21. The smallest absolute Gasteiger partial charge is 0.175 e. The number of oxime groups is 1. The van der Waals surface area contributed by atoms with E-state index in [4.69, 9.17) is 0 Å². The molecule has 0 aliphatic carbocycles. The van der Waals surface area contributed by atoms with Gasteiger partial charge in [0, 0.05) is 36.0 Å². The van der Waals surface area contributed by atoms with Gasteiger partial charge in [0.25, 0.3) is 0 Å². The number of pyridine rings is 1. The molecule has 0 aliphatic heterocycles. The van der Waals surface area contributed by atoms with E-state index in [1.807, 2.05) is 56.3 Å². The Morgan fingerprint density at radius 2 is 1.83 bits per heavy atom. The number of aryl methyl sites for hydroxylation is 2. The van der Waals surface area contributed by atoms with Crippen LogP contribution in [0.1, 0.15) is 40.3 Å². The first-order valence-electron chi connectivity index (χ1n) is 9.29. The van der Waals surface area contributed by atoms with Crippen LogP contribution in [0.4, 0.5) is 0 Å². The molecule has 2 aromatic carbocycles. The van der Waals surface area contributed by atoms with Gasteiger partial charge in [-0.2, -0.15) is 0 Å². The second kappa shape index (κ2) is 8.57. The highest BCUT2D eigenvalue weighted by molar-refractivity contribution is 7.90. The number of benzene rings is 2. The zero-order chi connectivity index (χ0) is 21.0. The van der Waals surface area contributed by atoms with Crippen molar-refractivity contribution in [2.45, 2.75) is 31.1 Å². The second-order valence-electron chi connectivity index (χ2n) is 7.19. The van der Waals surface area contributed by atoms with Gasteiger partial charge in [0.05, 0.1) is 10.6 Å². The Morgan fingerprint density at radius 1 is 1.07 bits per heavy atom. The number of rotatable bonds is 6. The van der Waals surface area contributed by atoms with E-state index in [0.717, 1.165) is 27.9 Å². The molecule has 5 nitrogen and oxygen atoms in total. The lowest BCUT2D eigenvalue weighted by atomic mass is 9.83. The maximum absolute atomic E-state index is 12.1. The fraction of sp³-hybridized carbons (Fsp3) is 0.217. The monoisotopic (exact) mass is 408 g/mol. The van der Waals surface area contributed by atoms with Crippen LogP contribution in [0.2, 0.25) is 0 Å². The van der Waals surface area contributed by atoms with Gasteiger partial charge in [-0.25, -0.2) is 8.42 Å².